The Morgan fingerprint density at radius 1 is 1.09 bits per heavy atom. The topological polar surface area (TPSA) is 76.7 Å². The quantitative estimate of drug-likeness (QED) is 0.305. The SMILES string of the molecule is Cc1ccc(-n2nc(C(=O)c3ccccc3)[se]/c2=N\N=O)cc1. The molecule has 0 radical (unpaired) electrons. The number of benzene rings is 2. The van der Waals surface area contributed by atoms with Gasteiger partial charge < -0.3 is 0 Å². The van der Waals surface area contributed by atoms with Crippen LogP contribution in [0.5, 0.6) is 0 Å². The summed E-state index contributed by atoms with van der Waals surface area (Å²) in [5.41, 5.74) is 2.42. The molecule has 1 aromatic heterocycles. The molecule has 2 aromatic carbocycles. The number of hydrogen-bond acceptors (Lipinski definition) is 4. The molecule has 3 rings (SSSR count). The van der Waals surface area contributed by atoms with Gasteiger partial charge in [0.1, 0.15) is 0 Å². The molecule has 0 fully saturated rings. The minimum absolute atomic E-state index is 0.154. The maximum absolute atomic E-state index is 12.5. The molecule has 0 atom stereocenters. The molecule has 0 aliphatic rings. The van der Waals surface area contributed by atoms with Gasteiger partial charge >= 0.3 is 137 Å². The Hall–Kier alpha value is -2.63. The molecule has 3 aromatic rings. The van der Waals surface area contributed by atoms with E-state index in [9.17, 15) is 9.70 Å². The molecule has 23 heavy (non-hydrogen) atoms. The van der Waals surface area contributed by atoms with Gasteiger partial charge in [0.25, 0.3) is 0 Å². The molecule has 0 amide bonds. The third kappa shape index (κ3) is 3.26. The molecule has 0 saturated heterocycles. The average Bonchev–Trinajstić information content (AvgIpc) is 3.00. The summed E-state index contributed by atoms with van der Waals surface area (Å²) in [6.07, 6.45) is 0. The Balaban J connectivity index is 2.09. The summed E-state index contributed by atoms with van der Waals surface area (Å²) >= 11 is -0.467. The molecular formula is C16H12N4O2Se. The molecule has 0 aliphatic carbocycles. The molecule has 0 N–H and O–H groups in total. The van der Waals surface area contributed by atoms with E-state index in [1.54, 1.807) is 24.3 Å². The van der Waals surface area contributed by atoms with Crippen LogP contribution in [0.2, 0.25) is 0 Å². The van der Waals surface area contributed by atoms with Gasteiger partial charge in [-0.05, 0) is 0 Å². The normalized spacial score (nSPS) is 11.4. The average molecular weight is 371 g/mol. The maximum atomic E-state index is 12.5. The standard InChI is InChI=1S/C16H12N4O2Se/c1-11-7-9-13(10-8-11)20-16(17-19-22)23-15(18-20)14(21)12-5-3-2-4-6-12/h2-10H,1H3/b17-16-. The van der Waals surface area contributed by atoms with Gasteiger partial charge in [0.15, 0.2) is 0 Å². The fourth-order valence-electron chi connectivity index (χ4n) is 2.04. The van der Waals surface area contributed by atoms with Gasteiger partial charge in [0.05, 0.1) is 0 Å². The van der Waals surface area contributed by atoms with Crippen LogP contribution in [0, 0.1) is 11.8 Å². The van der Waals surface area contributed by atoms with Gasteiger partial charge in [0.2, 0.25) is 0 Å². The molecule has 6 nitrogen and oxygen atoms in total. The van der Waals surface area contributed by atoms with Crippen molar-refractivity contribution >= 4 is 20.3 Å². The zero-order chi connectivity index (χ0) is 16.2. The molecule has 1 heterocycles. The van der Waals surface area contributed by atoms with Crippen molar-refractivity contribution in [3.8, 4) is 5.69 Å². The molecule has 0 bridgehead atoms. The van der Waals surface area contributed by atoms with Crippen molar-refractivity contribution in [3.63, 3.8) is 0 Å². The van der Waals surface area contributed by atoms with E-state index in [1.165, 1.54) is 4.68 Å². The van der Waals surface area contributed by atoms with Crippen molar-refractivity contribution in [2.24, 2.45) is 10.4 Å². The van der Waals surface area contributed by atoms with Crippen molar-refractivity contribution < 1.29 is 4.79 Å². The number of rotatable bonds is 4. The van der Waals surface area contributed by atoms with Crippen LogP contribution in [0.15, 0.2) is 65.0 Å². The number of ketones is 1. The van der Waals surface area contributed by atoms with E-state index in [1.807, 2.05) is 37.3 Å². The third-order valence-corrected chi connectivity index (χ3v) is 5.08. The van der Waals surface area contributed by atoms with Crippen LogP contribution < -0.4 is 4.36 Å². The van der Waals surface area contributed by atoms with Gasteiger partial charge in [-0.25, -0.2) is 0 Å². The summed E-state index contributed by atoms with van der Waals surface area (Å²) in [7, 11) is 0. The number of aromatic nitrogens is 2. The van der Waals surface area contributed by atoms with Crippen molar-refractivity contribution in [1.29, 1.82) is 0 Å². The van der Waals surface area contributed by atoms with E-state index >= 15 is 0 Å². The zero-order valence-corrected chi connectivity index (χ0v) is 13.9. The van der Waals surface area contributed by atoms with E-state index in [-0.39, 0.29) is 5.78 Å². The van der Waals surface area contributed by atoms with E-state index in [4.69, 9.17) is 0 Å². The number of carbonyl (C=O) groups excluding carboxylic acids is 1. The van der Waals surface area contributed by atoms with E-state index in [0.29, 0.717) is 14.5 Å². The Bertz CT molecular complexity index is 911. The fourth-order valence-corrected chi connectivity index (χ4v) is 3.75. The summed E-state index contributed by atoms with van der Waals surface area (Å²) < 4.78 is 2.30. The predicted octanol–water partition coefficient (Wildman–Crippen LogP) is 2.05. The van der Waals surface area contributed by atoms with Crippen LogP contribution in [0.25, 0.3) is 5.69 Å². The van der Waals surface area contributed by atoms with Crippen molar-refractivity contribution in [3.05, 3.63) is 79.6 Å². The van der Waals surface area contributed by atoms with Crippen LogP contribution in [0.4, 0.5) is 0 Å². The number of aryl methyl sites for hydroxylation is 1. The summed E-state index contributed by atoms with van der Waals surface area (Å²) in [6.45, 7) is 1.98. The van der Waals surface area contributed by atoms with E-state index < -0.39 is 14.5 Å². The molecule has 114 valence electrons. The zero-order valence-electron chi connectivity index (χ0n) is 12.2. The first-order valence-electron chi connectivity index (χ1n) is 6.82. The van der Waals surface area contributed by atoms with Crippen molar-refractivity contribution in [1.82, 2.24) is 9.78 Å². The summed E-state index contributed by atoms with van der Waals surface area (Å²) in [4.78, 5) is 23.1. The van der Waals surface area contributed by atoms with E-state index in [0.717, 1.165) is 11.3 Å². The summed E-state index contributed by atoms with van der Waals surface area (Å²) in [5.74, 6) is -0.154. The summed E-state index contributed by atoms with van der Waals surface area (Å²) in [5, 5.41) is 10.6. The predicted molar refractivity (Wildman–Crippen MR) is 86.5 cm³/mol. The molecule has 0 unspecified atom stereocenters. The second-order valence-electron chi connectivity index (χ2n) is 4.81. The molecular weight excluding hydrogens is 359 g/mol. The fraction of sp³-hybridized carbons (Fsp3) is 0.0625. The Morgan fingerprint density at radius 2 is 1.78 bits per heavy atom. The second-order valence-corrected chi connectivity index (χ2v) is 6.82. The number of nitroso groups, excluding NO2 is 1. The van der Waals surface area contributed by atoms with Gasteiger partial charge in [-0.3, -0.25) is 0 Å². The first kappa shape index (κ1) is 15.3. The molecule has 7 heteroatoms. The third-order valence-electron chi connectivity index (χ3n) is 3.20. The van der Waals surface area contributed by atoms with Crippen LogP contribution in [0.1, 0.15) is 20.5 Å². The molecule has 0 aliphatic heterocycles. The number of nitrogens with zero attached hydrogens (tertiary/aromatic N) is 4. The first-order chi connectivity index (χ1) is 11.2. The van der Waals surface area contributed by atoms with Gasteiger partial charge in [-0.1, -0.05) is 0 Å². The van der Waals surface area contributed by atoms with Crippen LogP contribution in [0.3, 0.4) is 0 Å². The number of carbonyl (C=O) groups is 1. The van der Waals surface area contributed by atoms with Crippen molar-refractivity contribution in [2.45, 2.75) is 6.92 Å². The monoisotopic (exact) mass is 372 g/mol. The van der Waals surface area contributed by atoms with Crippen LogP contribution in [-0.2, 0) is 0 Å². The van der Waals surface area contributed by atoms with Crippen molar-refractivity contribution in [2.75, 3.05) is 0 Å². The minimum atomic E-state index is -0.467. The Labute approximate surface area is 137 Å². The molecule has 0 spiro atoms. The van der Waals surface area contributed by atoms with Crippen LogP contribution >= 0.6 is 0 Å². The Morgan fingerprint density at radius 3 is 2.43 bits per heavy atom. The van der Waals surface area contributed by atoms with Gasteiger partial charge in [-0.2, -0.15) is 0 Å². The second kappa shape index (κ2) is 6.64. The van der Waals surface area contributed by atoms with E-state index in [2.05, 4.69) is 15.5 Å². The van der Waals surface area contributed by atoms with Gasteiger partial charge in [-0.15, -0.1) is 0 Å². The number of hydrogen-bond donors (Lipinski definition) is 0. The Kier molecular flexibility index (Phi) is 4.41. The van der Waals surface area contributed by atoms with Gasteiger partial charge in [0, 0.05) is 0 Å². The van der Waals surface area contributed by atoms with Crippen LogP contribution in [-0.4, -0.2) is 30.1 Å². The molecule has 0 saturated carbocycles. The summed E-state index contributed by atoms with van der Waals surface area (Å²) in [6, 6.07) is 16.5. The first-order valence-corrected chi connectivity index (χ1v) is 8.53.